The maximum absolute atomic E-state index is 13.5. The average molecular weight is 364 g/mol. The van der Waals surface area contributed by atoms with Crippen molar-refractivity contribution in [3.05, 3.63) is 66.5 Å². The fourth-order valence-corrected chi connectivity index (χ4v) is 3.37. The highest BCUT2D eigenvalue weighted by molar-refractivity contribution is 5.59. The third-order valence-electron chi connectivity index (χ3n) is 4.69. The van der Waals surface area contributed by atoms with Crippen LogP contribution >= 0.6 is 0 Å². The molecule has 138 valence electrons. The van der Waals surface area contributed by atoms with E-state index in [1.807, 2.05) is 12.1 Å². The number of rotatable bonds is 4. The zero-order chi connectivity index (χ0) is 18.6. The summed E-state index contributed by atoms with van der Waals surface area (Å²) in [5, 5.41) is 0. The van der Waals surface area contributed by atoms with Gasteiger partial charge >= 0.3 is 0 Å². The summed E-state index contributed by atoms with van der Waals surface area (Å²) in [6.45, 7) is 2.00. The van der Waals surface area contributed by atoms with Crippen LogP contribution in [0.1, 0.15) is 24.6 Å². The zero-order valence-corrected chi connectivity index (χ0v) is 15.2. The lowest BCUT2D eigenvalue weighted by molar-refractivity contribution is 0.245. The lowest BCUT2D eigenvalue weighted by Gasteiger charge is -2.28. The summed E-state index contributed by atoms with van der Waals surface area (Å²) < 4.78 is 19.4. The Labute approximate surface area is 157 Å². The van der Waals surface area contributed by atoms with E-state index in [1.54, 1.807) is 30.6 Å². The number of hydrogen-bond acceptors (Lipinski definition) is 5. The molecule has 1 aliphatic heterocycles. The molecule has 1 aromatic carbocycles. The molecule has 0 bridgehead atoms. The van der Waals surface area contributed by atoms with Gasteiger partial charge in [0.1, 0.15) is 17.4 Å². The molecule has 27 heavy (non-hydrogen) atoms. The van der Waals surface area contributed by atoms with Gasteiger partial charge in [0.05, 0.1) is 5.69 Å². The minimum atomic E-state index is -0.344. The second kappa shape index (κ2) is 7.80. The molecule has 1 fully saturated rings. The van der Waals surface area contributed by atoms with Crippen LogP contribution in [0, 0.1) is 5.82 Å². The molecule has 1 unspecified atom stereocenters. The Morgan fingerprint density at radius 2 is 2.07 bits per heavy atom. The molecule has 0 spiro atoms. The zero-order valence-electron chi connectivity index (χ0n) is 15.2. The van der Waals surface area contributed by atoms with E-state index in [0.717, 1.165) is 43.0 Å². The van der Waals surface area contributed by atoms with Crippen LogP contribution in [0.4, 0.5) is 4.39 Å². The Bertz CT molecular complexity index is 919. The normalized spacial score (nSPS) is 17.6. The first-order chi connectivity index (χ1) is 13.2. The molecule has 0 saturated carbocycles. The second-order valence-corrected chi connectivity index (χ2v) is 6.85. The van der Waals surface area contributed by atoms with E-state index in [2.05, 4.69) is 21.9 Å². The average Bonchev–Trinajstić information content (AvgIpc) is 2.68. The van der Waals surface area contributed by atoms with Crippen molar-refractivity contribution in [1.82, 2.24) is 19.9 Å². The van der Waals surface area contributed by atoms with Crippen LogP contribution in [0.25, 0.3) is 11.3 Å². The molecular weight excluding hydrogens is 343 g/mol. The highest BCUT2D eigenvalue weighted by atomic mass is 19.1. The van der Waals surface area contributed by atoms with Gasteiger partial charge in [-0.15, -0.1) is 0 Å². The molecule has 0 amide bonds. The van der Waals surface area contributed by atoms with E-state index in [0.29, 0.717) is 11.6 Å². The highest BCUT2D eigenvalue weighted by Gasteiger charge is 2.23. The van der Waals surface area contributed by atoms with Crippen molar-refractivity contribution in [2.24, 2.45) is 0 Å². The maximum Gasteiger partial charge on any atom is 0.223 e. The monoisotopic (exact) mass is 364 g/mol. The van der Waals surface area contributed by atoms with Gasteiger partial charge in [0, 0.05) is 42.6 Å². The quantitative estimate of drug-likeness (QED) is 0.692. The second-order valence-electron chi connectivity index (χ2n) is 6.85. The fourth-order valence-electron chi connectivity index (χ4n) is 3.37. The summed E-state index contributed by atoms with van der Waals surface area (Å²) in [4.78, 5) is 15.9. The molecule has 1 aliphatic rings. The van der Waals surface area contributed by atoms with Gasteiger partial charge in [-0.1, -0.05) is 6.07 Å². The van der Waals surface area contributed by atoms with Gasteiger partial charge in [0.25, 0.3) is 0 Å². The largest absolute Gasteiger partial charge is 0.439 e. The van der Waals surface area contributed by atoms with Crippen LogP contribution in [-0.4, -0.2) is 40.0 Å². The Hall–Kier alpha value is -2.86. The SMILES string of the molecule is CN1CCCC(c2nc(Oc3cccc(F)c3)cc(-c3cccnc3)n2)C1. The van der Waals surface area contributed by atoms with E-state index in [9.17, 15) is 4.39 Å². The standard InChI is InChI=1S/C21H21FN4O/c1-26-10-4-6-16(14-26)21-24-19(15-5-3-9-23-13-15)12-20(25-21)27-18-8-2-7-17(22)11-18/h2-3,5,7-9,11-13,16H,4,6,10,14H2,1H3. The minimum Gasteiger partial charge on any atom is -0.439 e. The Balaban J connectivity index is 1.72. The molecule has 1 atom stereocenters. The number of benzene rings is 1. The first-order valence-corrected chi connectivity index (χ1v) is 9.09. The number of halogens is 1. The van der Waals surface area contributed by atoms with Crippen molar-refractivity contribution in [1.29, 1.82) is 0 Å². The number of likely N-dealkylation sites (tertiary alicyclic amines) is 1. The van der Waals surface area contributed by atoms with Crippen molar-refractivity contribution >= 4 is 0 Å². The minimum absolute atomic E-state index is 0.246. The molecule has 5 nitrogen and oxygen atoms in total. The topological polar surface area (TPSA) is 51.1 Å². The van der Waals surface area contributed by atoms with E-state index in [-0.39, 0.29) is 11.7 Å². The fraction of sp³-hybridized carbons (Fsp3) is 0.286. The number of aromatic nitrogens is 3. The molecule has 4 rings (SSSR count). The summed E-state index contributed by atoms with van der Waals surface area (Å²) in [6.07, 6.45) is 5.65. The molecule has 1 saturated heterocycles. The lowest BCUT2D eigenvalue weighted by atomic mass is 9.97. The van der Waals surface area contributed by atoms with Crippen LogP contribution in [0.3, 0.4) is 0 Å². The van der Waals surface area contributed by atoms with Crippen molar-refractivity contribution < 1.29 is 9.13 Å². The van der Waals surface area contributed by atoms with Gasteiger partial charge in [-0.2, -0.15) is 4.98 Å². The number of nitrogens with zero attached hydrogens (tertiary/aromatic N) is 4. The van der Waals surface area contributed by atoms with Crippen molar-refractivity contribution in [2.45, 2.75) is 18.8 Å². The van der Waals surface area contributed by atoms with Gasteiger partial charge < -0.3 is 9.64 Å². The highest BCUT2D eigenvalue weighted by Crippen LogP contribution is 2.30. The van der Waals surface area contributed by atoms with Crippen LogP contribution in [0.15, 0.2) is 54.9 Å². The van der Waals surface area contributed by atoms with E-state index >= 15 is 0 Å². The molecule has 3 aromatic rings. The molecule has 3 heterocycles. The Morgan fingerprint density at radius 3 is 2.85 bits per heavy atom. The van der Waals surface area contributed by atoms with Crippen LogP contribution in [0.5, 0.6) is 11.6 Å². The van der Waals surface area contributed by atoms with Crippen molar-refractivity contribution in [2.75, 3.05) is 20.1 Å². The molecule has 2 aromatic heterocycles. The molecule has 0 N–H and O–H groups in total. The van der Waals surface area contributed by atoms with Gasteiger partial charge in [-0.25, -0.2) is 9.37 Å². The summed E-state index contributed by atoms with van der Waals surface area (Å²) in [7, 11) is 2.11. The summed E-state index contributed by atoms with van der Waals surface area (Å²) in [6, 6.07) is 11.7. The molecule has 6 heteroatoms. The van der Waals surface area contributed by atoms with E-state index < -0.39 is 0 Å². The maximum atomic E-state index is 13.5. The van der Waals surface area contributed by atoms with Crippen LogP contribution in [0.2, 0.25) is 0 Å². The number of ether oxygens (including phenoxy) is 1. The summed E-state index contributed by atoms with van der Waals surface area (Å²) in [5.74, 6) is 1.49. The third-order valence-corrected chi connectivity index (χ3v) is 4.69. The first-order valence-electron chi connectivity index (χ1n) is 9.09. The van der Waals surface area contributed by atoms with Gasteiger partial charge in [-0.3, -0.25) is 4.98 Å². The summed E-state index contributed by atoms with van der Waals surface area (Å²) >= 11 is 0. The van der Waals surface area contributed by atoms with Crippen LogP contribution < -0.4 is 4.74 Å². The number of likely N-dealkylation sites (N-methyl/N-ethyl adjacent to an activating group) is 1. The Kier molecular flexibility index (Phi) is 5.07. The smallest absolute Gasteiger partial charge is 0.223 e. The number of piperidine rings is 1. The Morgan fingerprint density at radius 1 is 1.15 bits per heavy atom. The van der Waals surface area contributed by atoms with Crippen molar-refractivity contribution in [3.8, 4) is 22.9 Å². The predicted octanol–water partition coefficient (Wildman–Crippen LogP) is 4.28. The van der Waals surface area contributed by atoms with E-state index in [1.165, 1.54) is 12.1 Å². The van der Waals surface area contributed by atoms with Crippen LogP contribution in [-0.2, 0) is 0 Å². The van der Waals surface area contributed by atoms with E-state index in [4.69, 9.17) is 9.72 Å². The first kappa shape index (κ1) is 17.5. The molecular formula is C21H21FN4O. The summed E-state index contributed by atoms with van der Waals surface area (Å²) in [5.41, 5.74) is 1.65. The number of hydrogen-bond donors (Lipinski definition) is 0. The lowest BCUT2D eigenvalue weighted by Crippen LogP contribution is -2.31. The predicted molar refractivity (Wildman–Crippen MR) is 101 cm³/mol. The van der Waals surface area contributed by atoms with Gasteiger partial charge in [0.15, 0.2) is 0 Å². The van der Waals surface area contributed by atoms with Gasteiger partial charge in [0.2, 0.25) is 5.88 Å². The van der Waals surface area contributed by atoms with Gasteiger partial charge in [-0.05, 0) is 50.7 Å². The molecule has 0 radical (unpaired) electrons. The number of pyridine rings is 1. The third kappa shape index (κ3) is 4.28. The van der Waals surface area contributed by atoms with Crippen molar-refractivity contribution in [3.63, 3.8) is 0 Å². The molecule has 0 aliphatic carbocycles.